The second kappa shape index (κ2) is 7.78. The van der Waals surface area contributed by atoms with Crippen molar-refractivity contribution < 1.29 is 12.8 Å². The summed E-state index contributed by atoms with van der Waals surface area (Å²) < 4.78 is 40.8. The third-order valence-corrected chi connectivity index (χ3v) is 6.67. The van der Waals surface area contributed by atoms with Crippen LogP contribution < -0.4 is 4.72 Å². The second-order valence-electron chi connectivity index (χ2n) is 6.54. The molecule has 1 aliphatic heterocycles. The minimum absolute atomic E-state index is 0.181. The van der Waals surface area contributed by atoms with E-state index in [4.69, 9.17) is 23.2 Å². The lowest BCUT2D eigenvalue weighted by Crippen LogP contribution is -2.15. The van der Waals surface area contributed by atoms with Gasteiger partial charge in [0, 0.05) is 28.4 Å². The molecule has 4 nitrogen and oxygen atoms in total. The summed E-state index contributed by atoms with van der Waals surface area (Å²) in [6.07, 6.45) is 0.853. The molecule has 4 rings (SSSR count). The topological polar surface area (TPSA) is 58.5 Å². The molecule has 8 heteroatoms. The number of benzene rings is 3. The second-order valence-corrected chi connectivity index (χ2v) is 9.03. The minimum Gasteiger partial charge on any atom is -0.284 e. The number of fused-ring (bicyclic) bond motifs is 1. The number of anilines is 1. The van der Waals surface area contributed by atoms with Gasteiger partial charge in [0.15, 0.2) is 0 Å². The molecule has 148 valence electrons. The fourth-order valence-electron chi connectivity index (χ4n) is 3.21. The standard InChI is InChI=1S/C21H15Cl2FN2O2S/c22-15-4-1-13-9-10-25-21(18(13)11-15)14-2-6-17(7-3-14)26-29(27,28)20-8-5-16(24)12-19(20)23/h1-8,11-12,26H,9-10H2. The third kappa shape index (κ3) is 4.15. The van der Waals surface area contributed by atoms with Gasteiger partial charge < -0.3 is 0 Å². The molecule has 0 saturated heterocycles. The molecule has 0 bridgehead atoms. The predicted molar refractivity (Wildman–Crippen MR) is 114 cm³/mol. The number of sulfonamides is 1. The zero-order chi connectivity index (χ0) is 20.6. The van der Waals surface area contributed by atoms with Crippen LogP contribution in [-0.2, 0) is 16.4 Å². The molecule has 1 N–H and O–H groups in total. The van der Waals surface area contributed by atoms with Gasteiger partial charge in [-0.1, -0.05) is 41.4 Å². The van der Waals surface area contributed by atoms with E-state index < -0.39 is 15.8 Å². The highest BCUT2D eigenvalue weighted by molar-refractivity contribution is 7.92. The number of nitrogens with zero attached hydrogens (tertiary/aromatic N) is 1. The van der Waals surface area contributed by atoms with Crippen molar-refractivity contribution in [2.75, 3.05) is 11.3 Å². The molecular weight excluding hydrogens is 434 g/mol. The Morgan fingerprint density at radius 1 is 0.966 bits per heavy atom. The molecule has 0 fully saturated rings. The van der Waals surface area contributed by atoms with Gasteiger partial charge in [-0.2, -0.15) is 0 Å². The SMILES string of the molecule is O=S(=O)(Nc1ccc(C2=NCCc3ccc(Cl)cc32)cc1)c1ccc(F)cc1Cl. The Hall–Kier alpha value is -2.41. The van der Waals surface area contributed by atoms with Gasteiger partial charge in [0.05, 0.1) is 10.7 Å². The summed E-state index contributed by atoms with van der Waals surface area (Å²) in [5.74, 6) is -0.605. The van der Waals surface area contributed by atoms with Crippen LogP contribution in [0.25, 0.3) is 0 Å². The van der Waals surface area contributed by atoms with Crippen LogP contribution in [0, 0.1) is 5.82 Å². The van der Waals surface area contributed by atoms with E-state index in [2.05, 4.69) is 9.71 Å². The average molecular weight is 449 g/mol. The first-order chi connectivity index (χ1) is 13.8. The first kappa shape index (κ1) is 19.9. The van der Waals surface area contributed by atoms with Crippen LogP contribution in [0.3, 0.4) is 0 Å². The lowest BCUT2D eigenvalue weighted by atomic mass is 9.93. The van der Waals surface area contributed by atoms with Gasteiger partial charge in [0.1, 0.15) is 10.7 Å². The van der Waals surface area contributed by atoms with Crippen LogP contribution in [-0.4, -0.2) is 20.7 Å². The highest BCUT2D eigenvalue weighted by atomic mass is 35.5. The van der Waals surface area contributed by atoms with Crippen LogP contribution in [0.4, 0.5) is 10.1 Å². The van der Waals surface area contributed by atoms with Gasteiger partial charge in [0.2, 0.25) is 0 Å². The molecule has 0 amide bonds. The van der Waals surface area contributed by atoms with Crippen molar-refractivity contribution in [1.82, 2.24) is 0 Å². The van der Waals surface area contributed by atoms with E-state index >= 15 is 0 Å². The molecule has 0 saturated carbocycles. The van der Waals surface area contributed by atoms with Crippen LogP contribution in [0.5, 0.6) is 0 Å². The van der Waals surface area contributed by atoms with Crippen molar-refractivity contribution in [3.63, 3.8) is 0 Å². The molecular formula is C21H15Cl2FN2O2S. The zero-order valence-electron chi connectivity index (χ0n) is 15.0. The van der Waals surface area contributed by atoms with Crippen molar-refractivity contribution in [3.05, 3.63) is 93.2 Å². The van der Waals surface area contributed by atoms with Crippen LogP contribution in [0.15, 0.2) is 70.6 Å². The van der Waals surface area contributed by atoms with E-state index in [-0.39, 0.29) is 9.92 Å². The first-order valence-corrected chi connectivity index (χ1v) is 11.0. The fourth-order valence-corrected chi connectivity index (χ4v) is 4.97. The molecule has 3 aromatic rings. The van der Waals surface area contributed by atoms with Crippen LogP contribution in [0.1, 0.15) is 16.7 Å². The highest BCUT2D eigenvalue weighted by Crippen LogP contribution is 2.27. The number of rotatable bonds is 4. The van der Waals surface area contributed by atoms with Gasteiger partial charge in [-0.3, -0.25) is 9.71 Å². The van der Waals surface area contributed by atoms with Gasteiger partial charge in [0.25, 0.3) is 10.0 Å². The molecule has 0 radical (unpaired) electrons. The van der Waals surface area contributed by atoms with Crippen LogP contribution in [0.2, 0.25) is 10.0 Å². The van der Waals surface area contributed by atoms with Crippen molar-refractivity contribution in [2.45, 2.75) is 11.3 Å². The third-order valence-electron chi connectivity index (χ3n) is 4.57. The van der Waals surface area contributed by atoms with E-state index in [1.807, 2.05) is 18.2 Å². The van der Waals surface area contributed by atoms with E-state index in [1.165, 1.54) is 5.56 Å². The quantitative estimate of drug-likeness (QED) is 0.586. The monoisotopic (exact) mass is 448 g/mol. The maximum Gasteiger partial charge on any atom is 0.263 e. The van der Waals surface area contributed by atoms with E-state index in [0.29, 0.717) is 17.3 Å². The summed E-state index contributed by atoms with van der Waals surface area (Å²) in [4.78, 5) is 4.43. The Morgan fingerprint density at radius 3 is 2.45 bits per heavy atom. The molecule has 0 aromatic heterocycles. The average Bonchev–Trinajstić information content (AvgIpc) is 2.67. The summed E-state index contributed by atoms with van der Waals surface area (Å²) >= 11 is 12.0. The van der Waals surface area contributed by atoms with Crippen molar-refractivity contribution in [1.29, 1.82) is 0 Å². The predicted octanol–water partition coefficient (Wildman–Crippen LogP) is 5.33. The number of hydrogen-bond acceptors (Lipinski definition) is 3. The summed E-state index contributed by atoms with van der Waals surface area (Å²) in [5.41, 5.74) is 4.20. The number of nitrogens with one attached hydrogen (secondary N) is 1. The summed E-state index contributed by atoms with van der Waals surface area (Å²) in [6.45, 7) is 0.682. The Kier molecular flexibility index (Phi) is 5.34. The van der Waals surface area contributed by atoms with Gasteiger partial charge in [-0.15, -0.1) is 0 Å². The molecule has 0 spiro atoms. The maximum absolute atomic E-state index is 13.2. The summed E-state index contributed by atoms with van der Waals surface area (Å²) in [5, 5.41) is 0.457. The Bertz CT molecular complexity index is 1230. The van der Waals surface area contributed by atoms with Crippen molar-refractivity contribution in [3.8, 4) is 0 Å². The molecule has 0 aliphatic carbocycles. The normalized spacial score (nSPS) is 13.6. The van der Waals surface area contributed by atoms with Crippen molar-refractivity contribution >= 4 is 44.6 Å². The van der Waals surface area contributed by atoms with E-state index in [9.17, 15) is 12.8 Å². The summed E-state index contributed by atoms with van der Waals surface area (Å²) in [6, 6.07) is 15.8. The van der Waals surface area contributed by atoms with Gasteiger partial charge in [-0.25, -0.2) is 12.8 Å². The molecule has 1 aliphatic rings. The maximum atomic E-state index is 13.2. The molecule has 0 atom stereocenters. The number of hydrogen-bond donors (Lipinski definition) is 1. The summed E-state index contributed by atoms with van der Waals surface area (Å²) in [7, 11) is -3.95. The van der Waals surface area contributed by atoms with Crippen LogP contribution >= 0.6 is 23.2 Å². The van der Waals surface area contributed by atoms with Crippen molar-refractivity contribution in [2.24, 2.45) is 4.99 Å². The number of aliphatic imine (C=N–C) groups is 1. The lowest BCUT2D eigenvalue weighted by molar-refractivity contribution is 0.600. The molecule has 1 heterocycles. The largest absolute Gasteiger partial charge is 0.284 e. The fraction of sp³-hybridized carbons (Fsp3) is 0.0952. The van der Waals surface area contributed by atoms with E-state index in [0.717, 1.165) is 41.5 Å². The smallest absolute Gasteiger partial charge is 0.263 e. The minimum atomic E-state index is -3.95. The Labute approximate surface area is 178 Å². The molecule has 3 aromatic carbocycles. The Morgan fingerprint density at radius 2 is 1.72 bits per heavy atom. The first-order valence-electron chi connectivity index (χ1n) is 8.75. The lowest BCUT2D eigenvalue weighted by Gasteiger charge is -2.18. The van der Waals surface area contributed by atoms with Gasteiger partial charge >= 0.3 is 0 Å². The zero-order valence-corrected chi connectivity index (χ0v) is 17.3. The molecule has 0 unspecified atom stereocenters. The molecule has 29 heavy (non-hydrogen) atoms. The van der Waals surface area contributed by atoms with E-state index in [1.54, 1.807) is 24.3 Å². The van der Waals surface area contributed by atoms with Gasteiger partial charge in [-0.05, 0) is 54.4 Å². The Balaban J connectivity index is 1.61. The highest BCUT2D eigenvalue weighted by Gasteiger charge is 2.20. The number of halogens is 3.